The Kier molecular flexibility index (Phi) is 6.58. The van der Waals surface area contributed by atoms with Gasteiger partial charge in [0.1, 0.15) is 0 Å². The minimum atomic E-state index is -0.0502. The van der Waals surface area contributed by atoms with Gasteiger partial charge in [-0.25, -0.2) is 0 Å². The molecule has 0 saturated carbocycles. The molecule has 1 atom stereocenters. The number of carbonyl (C=O) groups excluding carboxylic acids is 1. The molecule has 2 aromatic rings. The summed E-state index contributed by atoms with van der Waals surface area (Å²) < 4.78 is 0. The van der Waals surface area contributed by atoms with E-state index in [4.69, 9.17) is 0 Å². The molecule has 2 heterocycles. The number of carbonyl (C=O) groups is 1. The molecule has 30 heavy (non-hydrogen) atoms. The Morgan fingerprint density at radius 1 is 0.900 bits per heavy atom. The lowest BCUT2D eigenvalue weighted by Crippen LogP contribution is -3.19. The summed E-state index contributed by atoms with van der Waals surface area (Å²) >= 11 is 0. The summed E-state index contributed by atoms with van der Waals surface area (Å²) in [6, 6.07) is 16.9. The van der Waals surface area contributed by atoms with E-state index in [2.05, 4.69) is 65.4 Å². The van der Waals surface area contributed by atoms with Crippen LogP contribution >= 0.6 is 0 Å². The quantitative estimate of drug-likeness (QED) is 0.801. The number of hydrogen-bond acceptors (Lipinski definition) is 3. The molecule has 0 radical (unpaired) electrons. The first-order valence-corrected chi connectivity index (χ1v) is 11.4. The van der Waals surface area contributed by atoms with E-state index in [0.717, 1.165) is 45.0 Å². The number of rotatable bonds is 5. The highest BCUT2D eigenvalue weighted by Crippen LogP contribution is 2.22. The zero-order valence-electron chi connectivity index (χ0n) is 18.4. The van der Waals surface area contributed by atoms with Crippen LogP contribution in [0.5, 0.6) is 0 Å². The van der Waals surface area contributed by atoms with Gasteiger partial charge in [0.05, 0.1) is 26.2 Å². The van der Waals surface area contributed by atoms with E-state index in [-0.39, 0.29) is 11.9 Å². The Morgan fingerprint density at radius 3 is 2.23 bits per heavy atom. The van der Waals surface area contributed by atoms with Crippen LogP contribution in [0.4, 0.5) is 17.1 Å². The van der Waals surface area contributed by atoms with Gasteiger partial charge in [-0.2, -0.15) is 0 Å². The minimum absolute atomic E-state index is 0.0502. The standard InChI is InChI=1S/C25H34N4O/c1-20-8-4-5-9-24(20)29-18-16-27(17-19-29)21(2)25(30)26-22-10-12-23(13-11-22)28-14-6-3-7-15-28/h4-5,8-13,21H,3,6-7,14-19H2,1-2H3,(H,26,30)/p+1/t21-/m0/s1. The van der Waals surface area contributed by atoms with Gasteiger partial charge in [0.2, 0.25) is 0 Å². The van der Waals surface area contributed by atoms with Crippen molar-refractivity contribution >= 4 is 23.0 Å². The van der Waals surface area contributed by atoms with Crippen LogP contribution in [0.15, 0.2) is 48.5 Å². The molecule has 0 spiro atoms. The monoisotopic (exact) mass is 407 g/mol. The molecule has 4 rings (SSSR count). The largest absolute Gasteiger partial charge is 0.372 e. The molecule has 0 bridgehead atoms. The van der Waals surface area contributed by atoms with Crippen LogP contribution in [0.1, 0.15) is 31.7 Å². The van der Waals surface area contributed by atoms with Gasteiger partial charge < -0.3 is 20.0 Å². The number of piperazine rings is 1. The molecule has 0 unspecified atom stereocenters. The second-order valence-corrected chi connectivity index (χ2v) is 8.74. The first-order valence-electron chi connectivity index (χ1n) is 11.4. The lowest BCUT2D eigenvalue weighted by molar-refractivity contribution is -0.914. The van der Waals surface area contributed by atoms with Crippen molar-refractivity contribution in [3.05, 3.63) is 54.1 Å². The number of anilines is 3. The third kappa shape index (κ3) is 4.78. The third-order valence-corrected chi connectivity index (χ3v) is 6.72. The van der Waals surface area contributed by atoms with Gasteiger partial charge in [-0.05, 0) is 69.0 Å². The summed E-state index contributed by atoms with van der Waals surface area (Å²) in [5.41, 5.74) is 4.80. The van der Waals surface area contributed by atoms with Gasteiger partial charge in [0.25, 0.3) is 5.91 Å². The Hall–Kier alpha value is -2.53. The van der Waals surface area contributed by atoms with Crippen molar-refractivity contribution in [2.24, 2.45) is 0 Å². The topological polar surface area (TPSA) is 40.0 Å². The van der Waals surface area contributed by atoms with Crippen LogP contribution in [0.3, 0.4) is 0 Å². The Balaban J connectivity index is 1.29. The molecule has 5 heteroatoms. The Morgan fingerprint density at radius 2 is 1.57 bits per heavy atom. The molecule has 2 aliphatic rings. The van der Waals surface area contributed by atoms with E-state index in [1.54, 1.807) is 0 Å². The molecule has 2 aromatic carbocycles. The average molecular weight is 408 g/mol. The van der Waals surface area contributed by atoms with Crippen LogP contribution in [-0.2, 0) is 4.79 Å². The number of hydrogen-bond donors (Lipinski definition) is 2. The van der Waals surface area contributed by atoms with E-state index >= 15 is 0 Å². The zero-order chi connectivity index (χ0) is 20.9. The number of aryl methyl sites for hydroxylation is 1. The average Bonchev–Trinajstić information content (AvgIpc) is 2.80. The molecular weight excluding hydrogens is 372 g/mol. The lowest BCUT2D eigenvalue weighted by Gasteiger charge is -2.36. The smallest absolute Gasteiger partial charge is 0.282 e. The summed E-state index contributed by atoms with van der Waals surface area (Å²) in [4.78, 5) is 19.1. The second kappa shape index (κ2) is 9.52. The summed E-state index contributed by atoms with van der Waals surface area (Å²) in [5.74, 6) is 0.111. The van der Waals surface area contributed by atoms with Gasteiger partial charge in [0, 0.05) is 30.2 Å². The van der Waals surface area contributed by atoms with Crippen LogP contribution in [0, 0.1) is 6.92 Å². The normalized spacial score (nSPS) is 18.9. The Bertz CT molecular complexity index is 836. The maximum Gasteiger partial charge on any atom is 0.282 e. The van der Waals surface area contributed by atoms with Crippen molar-refractivity contribution in [2.45, 2.75) is 39.2 Å². The fourth-order valence-electron chi connectivity index (χ4n) is 4.73. The Labute approximate surface area is 180 Å². The number of benzene rings is 2. The number of nitrogens with zero attached hydrogens (tertiary/aromatic N) is 2. The van der Waals surface area contributed by atoms with Gasteiger partial charge in [-0.15, -0.1) is 0 Å². The first-order chi connectivity index (χ1) is 14.6. The highest BCUT2D eigenvalue weighted by Gasteiger charge is 2.29. The van der Waals surface area contributed by atoms with E-state index in [1.165, 1.54) is 41.1 Å². The molecule has 160 valence electrons. The van der Waals surface area contributed by atoms with E-state index in [1.807, 2.05) is 12.1 Å². The third-order valence-electron chi connectivity index (χ3n) is 6.72. The van der Waals surface area contributed by atoms with Crippen molar-refractivity contribution in [1.82, 2.24) is 0 Å². The summed E-state index contributed by atoms with van der Waals surface area (Å²) in [5, 5.41) is 3.13. The van der Waals surface area contributed by atoms with Crippen molar-refractivity contribution in [3.63, 3.8) is 0 Å². The van der Waals surface area contributed by atoms with Gasteiger partial charge >= 0.3 is 0 Å². The van der Waals surface area contributed by atoms with E-state index in [0.29, 0.717) is 0 Å². The van der Waals surface area contributed by atoms with Crippen molar-refractivity contribution in [1.29, 1.82) is 0 Å². The maximum absolute atomic E-state index is 12.8. The molecule has 2 aliphatic heterocycles. The maximum atomic E-state index is 12.8. The van der Waals surface area contributed by atoms with Gasteiger partial charge in [0.15, 0.2) is 6.04 Å². The number of para-hydroxylation sites is 1. The summed E-state index contributed by atoms with van der Waals surface area (Å²) in [6.45, 7) is 10.4. The van der Waals surface area contributed by atoms with Crippen LogP contribution in [0.2, 0.25) is 0 Å². The van der Waals surface area contributed by atoms with Crippen molar-refractivity contribution in [2.75, 3.05) is 54.4 Å². The fraction of sp³-hybridized carbons (Fsp3) is 0.480. The number of quaternary nitrogens is 1. The molecule has 0 aromatic heterocycles. The number of nitrogens with one attached hydrogen (secondary N) is 2. The molecule has 2 fully saturated rings. The molecule has 2 saturated heterocycles. The zero-order valence-corrected chi connectivity index (χ0v) is 18.4. The predicted molar refractivity (Wildman–Crippen MR) is 125 cm³/mol. The lowest BCUT2D eigenvalue weighted by atomic mass is 10.1. The molecule has 1 amide bonds. The predicted octanol–water partition coefficient (Wildman–Crippen LogP) is 2.72. The van der Waals surface area contributed by atoms with Crippen LogP contribution in [0.25, 0.3) is 0 Å². The molecule has 2 N–H and O–H groups in total. The fourth-order valence-corrected chi connectivity index (χ4v) is 4.73. The molecule has 0 aliphatic carbocycles. The summed E-state index contributed by atoms with van der Waals surface area (Å²) in [7, 11) is 0. The molecule has 5 nitrogen and oxygen atoms in total. The number of amides is 1. The first kappa shape index (κ1) is 20.7. The highest BCUT2D eigenvalue weighted by atomic mass is 16.2. The number of piperidine rings is 1. The van der Waals surface area contributed by atoms with Crippen molar-refractivity contribution in [3.8, 4) is 0 Å². The highest BCUT2D eigenvalue weighted by molar-refractivity contribution is 5.93. The molecular formula is C25H35N4O+. The minimum Gasteiger partial charge on any atom is -0.372 e. The van der Waals surface area contributed by atoms with Crippen molar-refractivity contribution < 1.29 is 9.69 Å². The van der Waals surface area contributed by atoms with E-state index < -0.39 is 0 Å². The van der Waals surface area contributed by atoms with Gasteiger partial charge in [-0.1, -0.05) is 18.2 Å². The van der Waals surface area contributed by atoms with E-state index in [9.17, 15) is 4.79 Å². The van der Waals surface area contributed by atoms with Gasteiger partial charge in [-0.3, -0.25) is 4.79 Å². The SMILES string of the molecule is Cc1ccccc1N1CC[NH+]([C@@H](C)C(=O)Nc2ccc(N3CCCCC3)cc2)CC1. The van der Waals surface area contributed by atoms with Crippen LogP contribution < -0.4 is 20.0 Å². The van der Waals surface area contributed by atoms with Crippen LogP contribution in [-0.4, -0.2) is 51.2 Å². The second-order valence-electron chi connectivity index (χ2n) is 8.74. The summed E-state index contributed by atoms with van der Waals surface area (Å²) in [6.07, 6.45) is 3.88.